The Morgan fingerprint density at radius 3 is 2.36 bits per heavy atom. The standard InChI is InChI=1S/C9H18IN/c1-8(2)7-9-3-5-11(10)6-4-9/h8-9H,3-7H2,1-2H3. The van der Waals surface area contributed by atoms with Gasteiger partial charge in [-0.3, -0.25) is 0 Å². The highest BCUT2D eigenvalue weighted by Crippen LogP contribution is 2.25. The summed E-state index contributed by atoms with van der Waals surface area (Å²) in [6.07, 6.45) is 4.27. The van der Waals surface area contributed by atoms with E-state index in [4.69, 9.17) is 0 Å². The zero-order chi connectivity index (χ0) is 8.27. The second-order valence-electron chi connectivity index (χ2n) is 3.98. The predicted octanol–water partition coefficient (Wildman–Crippen LogP) is 3.09. The van der Waals surface area contributed by atoms with Crippen molar-refractivity contribution in [3.8, 4) is 0 Å². The molecule has 0 spiro atoms. The van der Waals surface area contributed by atoms with Gasteiger partial charge < -0.3 is 0 Å². The van der Waals surface area contributed by atoms with Crippen LogP contribution in [0.1, 0.15) is 33.1 Å². The molecule has 1 fully saturated rings. The Morgan fingerprint density at radius 2 is 1.91 bits per heavy atom. The Balaban J connectivity index is 2.17. The van der Waals surface area contributed by atoms with Crippen LogP contribution in [0.4, 0.5) is 0 Å². The third kappa shape index (κ3) is 3.74. The largest absolute Gasteiger partial charge is 0.248 e. The maximum Gasteiger partial charge on any atom is 0.0201 e. The van der Waals surface area contributed by atoms with Crippen molar-refractivity contribution in [3.63, 3.8) is 0 Å². The minimum Gasteiger partial charge on any atom is -0.248 e. The van der Waals surface area contributed by atoms with Crippen LogP contribution in [0.3, 0.4) is 0 Å². The van der Waals surface area contributed by atoms with Gasteiger partial charge >= 0.3 is 0 Å². The van der Waals surface area contributed by atoms with E-state index < -0.39 is 0 Å². The normalized spacial score (nSPS) is 22.9. The lowest BCUT2D eigenvalue weighted by Gasteiger charge is -2.28. The van der Waals surface area contributed by atoms with Crippen LogP contribution in [-0.2, 0) is 0 Å². The van der Waals surface area contributed by atoms with E-state index in [1.807, 2.05) is 0 Å². The van der Waals surface area contributed by atoms with Crippen LogP contribution in [-0.4, -0.2) is 16.2 Å². The van der Waals surface area contributed by atoms with Gasteiger partial charge in [0.1, 0.15) is 0 Å². The highest BCUT2D eigenvalue weighted by atomic mass is 127. The first-order valence-corrected chi connectivity index (χ1v) is 5.55. The van der Waals surface area contributed by atoms with Gasteiger partial charge in [0.25, 0.3) is 0 Å². The quantitative estimate of drug-likeness (QED) is 0.549. The molecule has 0 aliphatic carbocycles. The summed E-state index contributed by atoms with van der Waals surface area (Å²) in [6, 6.07) is 0. The van der Waals surface area contributed by atoms with E-state index in [1.165, 1.54) is 32.4 Å². The summed E-state index contributed by atoms with van der Waals surface area (Å²) in [4.78, 5) is 0. The van der Waals surface area contributed by atoms with Gasteiger partial charge in [-0.25, -0.2) is 3.11 Å². The first kappa shape index (κ1) is 9.78. The average Bonchev–Trinajstić information content (AvgIpc) is 1.93. The molecule has 0 aromatic rings. The highest BCUT2D eigenvalue weighted by molar-refractivity contribution is 14.1. The zero-order valence-electron chi connectivity index (χ0n) is 7.52. The smallest absolute Gasteiger partial charge is 0.0201 e. The Kier molecular flexibility index (Phi) is 4.13. The molecular formula is C9H18IN. The maximum atomic E-state index is 2.43. The summed E-state index contributed by atoms with van der Waals surface area (Å²) in [7, 11) is 0. The molecular weight excluding hydrogens is 249 g/mol. The molecule has 0 radical (unpaired) electrons. The number of piperidine rings is 1. The molecule has 0 saturated carbocycles. The van der Waals surface area contributed by atoms with Crippen molar-refractivity contribution in [3.05, 3.63) is 0 Å². The molecule has 0 unspecified atom stereocenters. The van der Waals surface area contributed by atoms with Crippen LogP contribution in [0.15, 0.2) is 0 Å². The summed E-state index contributed by atoms with van der Waals surface area (Å²) in [5.41, 5.74) is 0. The molecule has 11 heavy (non-hydrogen) atoms. The van der Waals surface area contributed by atoms with Crippen molar-refractivity contribution in [1.29, 1.82) is 0 Å². The predicted molar refractivity (Wildman–Crippen MR) is 57.8 cm³/mol. The van der Waals surface area contributed by atoms with Crippen LogP contribution >= 0.6 is 22.9 Å². The second kappa shape index (κ2) is 4.65. The summed E-state index contributed by atoms with van der Waals surface area (Å²) in [5, 5.41) is 0. The van der Waals surface area contributed by atoms with Gasteiger partial charge in [-0.2, -0.15) is 0 Å². The van der Waals surface area contributed by atoms with Crippen LogP contribution in [0.2, 0.25) is 0 Å². The Morgan fingerprint density at radius 1 is 1.36 bits per heavy atom. The van der Waals surface area contributed by atoms with Crippen LogP contribution in [0.25, 0.3) is 0 Å². The van der Waals surface area contributed by atoms with Crippen molar-refractivity contribution < 1.29 is 0 Å². The second-order valence-corrected chi connectivity index (χ2v) is 5.35. The third-order valence-corrected chi connectivity index (χ3v) is 3.33. The van der Waals surface area contributed by atoms with Gasteiger partial charge in [-0.15, -0.1) is 0 Å². The average molecular weight is 267 g/mol. The van der Waals surface area contributed by atoms with Gasteiger partial charge in [0.05, 0.1) is 0 Å². The molecule has 0 aromatic heterocycles. The molecule has 1 rings (SSSR count). The molecule has 1 saturated heterocycles. The van der Waals surface area contributed by atoms with Gasteiger partial charge in [0.2, 0.25) is 0 Å². The molecule has 66 valence electrons. The van der Waals surface area contributed by atoms with Gasteiger partial charge in [-0.1, -0.05) is 13.8 Å². The first-order valence-electron chi connectivity index (χ1n) is 4.59. The van der Waals surface area contributed by atoms with E-state index in [2.05, 4.69) is 39.8 Å². The molecule has 1 aliphatic heterocycles. The molecule has 0 atom stereocenters. The number of halogens is 1. The van der Waals surface area contributed by atoms with Crippen LogP contribution in [0, 0.1) is 11.8 Å². The van der Waals surface area contributed by atoms with Crippen molar-refractivity contribution in [1.82, 2.24) is 3.11 Å². The topological polar surface area (TPSA) is 3.24 Å². The van der Waals surface area contributed by atoms with Crippen LogP contribution < -0.4 is 0 Å². The number of nitrogens with zero attached hydrogens (tertiary/aromatic N) is 1. The molecule has 0 N–H and O–H groups in total. The van der Waals surface area contributed by atoms with Gasteiger partial charge in [0.15, 0.2) is 0 Å². The number of rotatable bonds is 2. The van der Waals surface area contributed by atoms with Crippen LogP contribution in [0.5, 0.6) is 0 Å². The fourth-order valence-electron chi connectivity index (χ4n) is 1.80. The molecule has 1 heterocycles. The lowest BCUT2D eigenvalue weighted by atomic mass is 9.89. The number of hydrogen-bond acceptors (Lipinski definition) is 1. The summed E-state index contributed by atoms with van der Waals surface area (Å²) < 4.78 is 2.41. The van der Waals surface area contributed by atoms with E-state index in [0.29, 0.717) is 0 Å². The van der Waals surface area contributed by atoms with Gasteiger partial charge in [0, 0.05) is 36.0 Å². The van der Waals surface area contributed by atoms with Crippen molar-refractivity contribution >= 4 is 22.9 Å². The molecule has 0 bridgehead atoms. The number of hydrogen-bond donors (Lipinski definition) is 0. The Hall–Kier alpha value is 0.690. The summed E-state index contributed by atoms with van der Waals surface area (Å²) in [6.45, 7) is 7.27. The lowest BCUT2D eigenvalue weighted by molar-refractivity contribution is 0.271. The van der Waals surface area contributed by atoms with Crippen molar-refractivity contribution in [2.24, 2.45) is 11.8 Å². The minimum atomic E-state index is 0.890. The SMILES string of the molecule is CC(C)CC1CCN(I)CC1. The van der Waals surface area contributed by atoms with E-state index in [-0.39, 0.29) is 0 Å². The van der Waals surface area contributed by atoms with E-state index in [0.717, 1.165) is 11.8 Å². The highest BCUT2D eigenvalue weighted by Gasteiger charge is 2.17. The molecule has 0 amide bonds. The van der Waals surface area contributed by atoms with Gasteiger partial charge in [-0.05, 0) is 31.1 Å². The Labute approximate surface area is 84.0 Å². The van der Waals surface area contributed by atoms with Crippen molar-refractivity contribution in [2.45, 2.75) is 33.1 Å². The van der Waals surface area contributed by atoms with E-state index in [9.17, 15) is 0 Å². The molecule has 0 aromatic carbocycles. The maximum absolute atomic E-state index is 2.43. The Bertz CT molecular complexity index is 106. The zero-order valence-corrected chi connectivity index (χ0v) is 9.67. The third-order valence-electron chi connectivity index (χ3n) is 2.36. The van der Waals surface area contributed by atoms with E-state index in [1.54, 1.807) is 0 Å². The fourth-order valence-corrected chi connectivity index (χ4v) is 2.36. The monoisotopic (exact) mass is 267 g/mol. The molecule has 1 nitrogen and oxygen atoms in total. The van der Waals surface area contributed by atoms with Crippen molar-refractivity contribution in [2.75, 3.05) is 13.1 Å². The molecule has 1 aliphatic rings. The lowest BCUT2D eigenvalue weighted by Crippen LogP contribution is -2.26. The summed E-state index contributed by atoms with van der Waals surface area (Å²) >= 11 is 2.43. The van der Waals surface area contributed by atoms with E-state index >= 15 is 0 Å². The minimum absolute atomic E-state index is 0.890. The summed E-state index contributed by atoms with van der Waals surface area (Å²) in [5.74, 6) is 1.90. The fraction of sp³-hybridized carbons (Fsp3) is 1.00. The molecule has 2 heteroatoms. The first-order chi connectivity index (χ1) is 5.18.